The second-order valence-electron chi connectivity index (χ2n) is 7.76. The van der Waals surface area contributed by atoms with Crippen molar-refractivity contribution in [1.29, 1.82) is 0 Å². The number of rotatable bonds is 7. The van der Waals surface area contributed by atoms with Gasteiger partial charge < -0.3 is 4.90 Å². The van der Waals surface area contributed by atoms with Crippen molar-refractivity contribution in [3.05, 3.63) is 65.5 Å². The van der Waals surface area contributed by atoms with Gasteiger partial charge in [0.15, 0.2) is 5.78 Å². The van der Waals surface area contributed by atoms with Gasteiger partial charge in [0.25, 0.3) is 0 Å². The molecule has 6 heteroatoms. The van der Waals surface area contributed by atoms with Gasteiger partial charge in [0, 0.05) is 38.9 Å². The van der Waals surface area contributed by atoms with Crippen LogP contribution in [0, 0.1) is 11.6 Å². The molecule has 0 bridgehead atoms. The van der Waals surface area contributed by atoms with Crippen LogP contribution in [0.3, 0.4) is 0 Å². The fourth-order valence-corrected chi connectivity index (χ4v) is 3.60. The smallest absolute Gasteiger partial charge is 0.158 e. The number of pyridine rings is 1. The van der Waals surface area contributed by atoms with Crippen LogP contribution in [0.5, 0.6) is 0 Å². The van der Waals surface area contributed by atoms with Gasteiger partial charge in [-0.25, -0.2) is 8.78 Å². The van der Waals surface area contributed by atoms with Crippen LogP contribution in [-0.4, -0.2) is 58.8 Å². The number of hydrogen-bond acceptors (Lipinski definition) is 4. The maximum absolute atomic E-state index is 13.8. The van der Waals surface area contributed by atoms with E-state index in [2.05, 4.69) is 14.8 Å². The summed E-state index contributed by atoms with van der Waals surface area (Å²) in [6.45, 7) is 7.73. The van der Waals surface area contributed by atoms with Gasteiger partial charge in [-0.2, -0.15) is 0 Å². The quantitative estimate of drug-likeness (QED) is 0.732. The van der Waals surface area contributed by atoms with Crippen LogP contribution in [0.4, 0.5) is 8.78 Å². The molecule has 1 aromatic carbocycles. The Morgan fingerprint density at radius 3 is 2.39 bits per heavy atom. The molecule has 0 N–H and O–H groups in total. The molecule has 3 rings (SSSR count). The first kappa shape index (κ1) is 20.6. The van der Waals surface area contributed by atoms with Gasteiger partial charge in [-0.15, -0.1) is 0 Å². The molecular formula is C22H27F2N3O. The molecule has 1 saturated heterocycles. The van der Waals surface area contributed by atoms with Gasteiger partial charge in [-0.1, -0.05) is 18.2 Å². The maximum atomic E-state index is 13.8. The highest BCUT2D eigenvalue weighted by atomic mass is 19.1. The van der Waals surface area contributed by atoms with E-state index in [0.717, 1.165) is 38.3 Å². The second kappa shape index (κ2) is 8.88. The molecule has 0 saturated carbocycles. The SMILES string of the molecule is CC(C)(C(=O)Cc1ncccc1F)N1CCN(CCc2ccccc2F)CC1. The molecule has 2 aromatic rings. The lowest BCUT2D eigenvalue weighted by atomic mass is 9.92. The number of halogens is 2. The number of aromatic nitrogens is 1. The molecule has 0 unspecified atom stereocenters. The van der Waals surface area contributed by atoms with Crippen LogP contribution in [0.2, 0.25) is 0 Å². The average Bonchev–Trinajstić information content (AvgIpc) is 2.69. The van der Waals surface area contributed by atoms with Crippen LogP contribution in [0.1, 0.15) is 25.1 Å². The van der Waals surface area contributed by atoms with Gasteiger partial charge >= 0.3 is 0 Å². The average molecular weight is 387 g/mol. The standard InChI is InChI=1S/C22H27F2N3O/c1-22(2,21(28)16-20-19(24)8-5-10-25-20)27-14-12-26(13-15-27)11-9-17-6-3-4-7-18(17)23/h3-8,10H,9,11-16H2,1-2H3. The summed E-state index contributed by atoms with van der Waals surface area (Å²) in [5.74, 6) is -0.635. The fraction of sp³-hybridized carbons (Fsp3) is 0.455. The number of piperazine rings is 1. The van der Waals surface area contributed by atoms with Gasteiger partial charge in [0.1, 0.15) is 11.6 Å². The first-order valence-electron chi connectivity index (χ1n) is 9.71. The van der Waals surface area contributed by atoms with Gasteiger partial charge in [0.2, 0.25) is 0 Å². The number of carbonyl (C=O) groups is 1. The van der Waals surface area contributed by atoms with Gasteiger partial charge in [-0.3, -0.25) is 14.7 Å². The monoisotopic (exact) mass is 387 g/mol. The Balaban J connectivity index is 1.52. The lowest BCUT2D eigenvalue weighted by molar-refractivity contribution is -0.130. The van der Waals surface area contributed by atoms with Gasteiger partial charge in [0.05, 0.1) is 17.7 Å². The van der Waals surface area contributed by atoms with E-state index in [0.29, 0.717) is 6.42 Å². The Kier molecular flexibility index (Phi) is 6.52. The Morgan fingerprint density at radius 2 is 1.71 bits per heavy atom. The summed E-state index contributed by atoms with van der Waals surface area (Å²) in [4.78, 5) is 21.2. The van der Waals surface area contributed by atoms with E-state index >= 15 is 0 Å². The fourth-order valence-electron chi connectivity index (χ4n) is 3.60. The predicted octanol–water partition coefficient (Wildman–Crippen LogP) is 3.11. The van der Waals surface area contributed by atoms with Crippen molar-refractivity contribution in [3.8, 4) is 0 Å². The van der Waals surface area contributed by atoms with Crippen molar-refractivity contribution >= 4 is 5.78 Å². The largest absolute Gasteiger partial charge is 0.300 e. The Labute approximate surface area is 165 Å². The lowest BCUT2D eigenvalue weighted by Gasteiger charge is -2.43. The van der Waals surface area contributed by atoms with E-state index in [1.165, 1.54) is 24.4 Å². The van der Waals surface area contributed by atoms with E-state index < -0.39 is 11.4 Å². The van der Waals surface area contributed by atoms with E-state index in [-0.39, 0.29) is 23.7 Å². The third-order valence-electron chi connectivity index (χ3n) is 5.66. The molecule has 0 atom stereocenters. The molecule has 0 radical (unpaired) electrons. The third-order valence-corrected chi connectivity index (χ3v) is 5.66. The Hall–Kier alpha value is -2.18. The molecule has 4 nitrogen and oxygen atoms in total. The van der Waals surface area contributed by atoms with E-state index in [1.807, 2.05) is 26.0 Å². The van der Waals surface area contributed by atoms with Gasteiger partial charge in [-0.05, 0) is 44.0 Å². The number of nitrogens with zero attached hydrogens (tertiary/aromatic N) is 3. The van der Waals surface area contributed by atoms with Crippen LogP contribution in [0.25, 0.3) is 0 Å². The topological polar surface area (TPSA) is 36.4 Å². The number of Topliss-reactive ketones (excluding diaryl/α,β-unsaturated/α-hetero) is 1. The normalized spacial score (nSPS) is 16.3. The molecule has 1 fully saturated rings. The summed E-state index contributed by atoms with van der Waals surface area (Å²) in [7, 11) is 0. The van der Waals surface area contributed by atoms with E-state index in [4.69, 9.17) is 0 Å². The van der Waals surface area contributed by atoms with Crippen molar-refractivity contribution in [2.45, 2.75) is 32.2 Å². The Morgan fingerprint density at radius 1 is 1.04 bits per heavy atom. The second-order valence-corrected chi connectivity index (χ2v) is 7.76. The van der Waals surface area contributed by atoms with Crippen molar-refractivity contribution in [3.63, 3.8) is 0 Å². The lowest BCUT2D eigenvalue weighted by Crippen LogP contribution is -2.58. The molecule has 1 aliphatic rings. The first-order chi connectivity index (χ1) is 13.4. The van der Waals surface area contributed by atoms with Crippen LogP contribution in [0.15, 0.2) is 42.6 Å². The molecule has 0 amide bonds. The van der Waals surface area contributed by atoms with Crippen molar-refractivity contribution in [2.24, 2.45) is 0 Å². The zero-order chi connectivity index (χ0) is 20.1. The minimum absolute atomic E-state index is 0.00677. The van der Waals surface area contributed by atoms with Crippen LogP contribution >= 0.6 is 0 Å². The summed E-state index contributed by atoms with van der Waals surface area (Å²) in [6, 6.07) is 9.73. The highest BCUT2D eigenvalue weighted by Gasteiger charge is 2.36. The van der Waals surface area contributed by atoms with Crippen LogP contribution < -0.4 is 0 Å². The number of carbonyl (C=O) groups excluding carboxylic acids is 1. The molecular weight excluding hydrogens is 360 g/mol. The number of benzene rings is 1. The molecule has 1 aromatic heterocycles. The van der Waals surface area contributed by atoms with Crippen molar-refractivity contribution in [2.75, 3.05) is 32.7 Å². The minimum atomic E-state index is -0.679. The molecule has 0 spiro atoms. The molecule has 2 heterocycles. The van der Waals surface area contributed by atoms with E-state index in [1.54, 1.807) is 6.07 Å². The molecule has 28 heavy (non-hydrogen) atoms. The zero-order valence-corrected chi connectivity index (χ0v) is 16.5. The highest BCUT2D eigenvalue weighted by molar-refractivity contribution is 5.89. The number of ketones is 1. The summed E-state index contributed by atoms with van der Waals surface area (Å²) >= 11 is 0. The molecule has 1 aliphatic heterocycles. The molecule has 0 aliphatic carbocycles. The first-order valence-corrected chi connectivity index (χ1v) is 9.71. The van der Waals surface area contributed by atoms with Crippen molar-refractivity contribution in [1.82, 2.24) is 14.8 Å². The minimum Gasteiger partial charge on any atom is -0.300 e. The number of hydrogen-bond donors (Lipinski definition) is 0. The highest BCUT2D eigenvalue weighted by Crippen LogP contribution is 2.21. The summed E-state index contributed by atoms with van der Waals surface area (Å²) < 4.78 is 27.6. The summed E-state index contributed by atoms with van der Waals surface area (Å²) in [5, 5.41) is 0. The third kappa shape index (κ3) is 4.80. The van der Waals surface area contributed by atoms with E-state index in [9.17, 15) is 13.6 Å². The Bertz CT molecular complexity index is 817. The maximum Gasteiger partial charge on any atom is 0.158 e. The van der Waals surface area contributed by atoms with Crippen LogP contribution in [-0.2, 0) is 17.6 Å². The zero-order valence-electron chi connectivity index (χ0n) is 16.5. The predicted molar refractivity (Wildman–Crippen MR) is 105 cm³/mol. The van der Waals surface area contributed by atoms with Crippen molar-refractivity contribution < 1.29 is 13.6 Å². The molecule has 150 valence electrons. The summed E-state index contributed by atoms with van der Waals surface area (Å²) in [5.41, 5.74) is 0.253. The summed E-state index contributed by atoms with van der Waals surface area (Å²) in [6.07, 6.45) is 2.17.